The summed E-state index contributed by atoms with van der Waals surface area (Å²) < 4.78 is 37.3. The number of rotatable bonds is 6. The van der Waals surface area contributed by atoms with Crippen molar-refractivity contribution in [2.75, 3.05) is 42.7 Å². The molecule has 15 aromatic carbocycles. The van der Waals surface area contributed by atoms with Crippen molar-refractivity contribution in [2.24, 2.45) is 0 Å². The maximum Gasteiger partial charge on any atom is 0.262 e. The third kappa shape index (κ3) is 12.2. The van der Waals surface area contributed by atoms with Crippen LogP contribution in [-0.4, -0.2) is 109 Å². The molecule has 23 aliphatic rings. The molecule has 0 unspecified atom stereocenters. The van der Waals surface area contributed by atoms with E-state index in [1.165, 1.54) is 14.7 Å². The Morgan fingerprint density at radius 3 is 0.374 bits per heavy atom. The van der Waals surface area contributed by atoms with Gasteiger partial charge in [0.1, 0.15) is 34.5 Å². The molecule has 6 amide bonds. The molecule has 38 rings (SSSR count). The fraction of sp³-hybridized carbons (Fsp3) is 0.167. The Labute approximate surface area is 713 Å². The number of carbonyl (C=O) groups is 6. The molecule has 15 aromatic rings. The van der Waals surface area contributed by atoms with Crippen LogP contribution in [0.5, 0.6) is 34.5 Å². The summed E-state index contributed by atoms with van der Waals surface area (Å²) in [5.74, 6) is 1.42. The predicted octanol–water partition coefficient (Wildman–Crippen LogP) is 24.7. The summed E-state index contributed by atoms with van der Waals surface area (Å²) in [5.41, 5.74) is 17.8. The minimum absolute atomic E-state index is 0.321. The van der Waals surface area contributed by atoms with Crippen LogP contribution in [0, 0.1) is 0 Å². The SMILES string of the molecule is COc1ccc(OC)c2c3ccc(c12)-c1ccc(cc1)-c1ccc(c2c1C(=O)N(C(C)(C)C)C2=O)-c1ccc(cc1)-c1ccc(c2c(OC)ccc(OC)c12)-c1ccc(cc1)-c1ccc(c2c1C(=O)N(C(C)(C)C)C2=O)-c1ccc(cc1)-c1ccc(c2c(OC)ccc(OC)c12)-c1ccc(cc1)-c1ccc(c2c1C(=O)N(C(C)(C)C)C2=O)-c1ccc-3cc1. The molecule has 0 atom stereocenters. The summed E-state index contributed by atoms with van der Waals surface area (Å²) in [4.78, 5) is 95.1. The van der Waals surface area contributed by atoms with Gasteiger partial charge < -0.3 is 28.4 Å². The van der Waals surface area contributed by atoms with E-state index in [4.69, 9.17) is 28.4 Å². The minimum atomic E-state index is -0.863. The van der Waals surface area contributed by atoms with E-state index >= 15 is 28.8 Å². The van der Waals surface area contributed by atoms with Crippen molar-refractivity contribution >= 4 is 67.8 Å². The maximum absolute atomic E-state index is 15.2. The van der Waals surface area contributed by atoms with E-state index in [0.717, 1.165) is 132 Å². The lowest BCUT2D eigenvalue weighted by Crippen LogP contribution is -2.45. The van der Waals surface area contributed by atoms with Gasteiger partial charge in [-0.15, -0.1) is 0 Å². The minimum Gasteiger partial charge on any atom is -0.496 e. The van der Waals surface area contributed by atoms with Gasteiger partial charge >= 0.3 is 0 Å². The molecule has 0 N–H and O–H groups in total. The topological polar surface area (TPSA) is 168 Å². The Morgan fingerprint density at radius 1 is 0.163 bits per heavy atom. The smallest absolute Gasteiger partial charge is 0.262 e. The second-order valence-corrected chi connectivity index (χ2v) is 34.7. The molecule has 3 aliphatic heterocycles. The molecular formula is C108H87N3O12. The first-order chi connectivity index (χ1) is 59.2. The van der Waals surface area contributed by atoms with E-state index in [9.17, 15) is 0 Å². The standard InChI is InChI=1S/C108H87N3O12/c1-106(2,3)109-100(112)94-76-46-47-77(95(94)101(109)113)65-30-18-59(19-31-65)71-41-43-73(91-85(121-13)55-53-83(119-11)89(71)91)61-22-34-67(35-23-61)79-49-51-81(99-97(79)103(115)111(105(99)117)108(7,8)9)69-38-26-63(27-39-69)75-45-44-74(92-86(122-14)56-57-87(123-15)93(75)92)62-24-36-68(37-25-62)80-50-48-78(96-98(80)104(116)110(102(96)114)107(4,5)6)66-32-20-60(21-33-66)72-42-40-70(58-16-28-64(76)29-17-58)88-82(118-10)52-54-84(120-12)90(72)88/h16-57H,1-15H3. The average Bonchev–Trinajstić information content (AvgIpc) is 1.52. The lowest BCUT2D eigenvalue weighted by atomic mass is 9.86. The van der Waals surface area contributed by atoms with Crippen molar-refractivity contribution in [3.8, 4) is 168 Å². The maximum atomic E-state index is 15.2. The second-order valence-electron chi connectivity index (χ2n) is 34.7. The highest BCUT2D eigenvalue weighted by atomic mass is 16.5. The average molecular weight is 1620 g/mol. The summed E-state index contributed by atoms with van der Waals surface area (Å²) in [6.07, 6.45) is 0. The van der Waals surface area contributed by atoms with Crippen LogP contribution < -0.4 is 28.4 Å². The van der Waals surface area contributed by atoms with Gasteiger partial charge in [-0.2, -0.15) is 0 Å². The predicted molar refractivity (Wildman–Crippen MR) is 488 cm³/mol. The van der Waals surface area contributed by atoms with E-state index in [0.29, 0.717) is 101 Å². The van der Waals surface area contributed by atoms with E-state index < -0.39 is 16.6 Å². The quantitative estimate of drug-likeness (QED) is 0.145. The highest BCUT2D eigenvalue weighted by Crippen LogP contribution is 2.53. The van der Waals surface area contributed by atoms with Crippen LogP contribution in [-0.2, 0) is 0 Å². The number of imide groups is 3. The van der Waals surface area contributed by atoms with Gasteiger partial charge in [0.2, 0.25) is 0 Å². The number of carbonyl (C=O) groups excluding carboxylic acids is 6. The Bertz CT molecular complexity index is 6010. The van der Waals surface area contributed by atoms with Crippen LogP contribution in [0.4, 0.5) is 0 Å². The first-order valence-corrected chi connectivity index (χ1v) is 41.0. The van der Waals surface area contributed by atoms with Crippen molar-refractivity contribution in [1.82, 2.24) is 14.7 Å². The number of hydrogen-bond donors (Lipinski definition) is 0. The van der Waals surface area contributed by atoms with Crippen molar-refractivity contribution in [1.29, 1.82) is 0 Å². The summed E-state index contributed by atoms with van der Waals surface area (Å²) >= 11 is 0. The fourth-order valence-corrected chi connectivity index (χ4v) is 19.1. The van der Waals surface area contributed by atoms with Gasteiger partial charge in [0.05, 0.1) is 76.0 Å². The zero-order valence-corrected chi connectivity index (χ0v) is 71.0. The number of methoxy groups -OCH3 is 6. The Hall–Kier alpha value is -14.7. The monoisotopic (exact) mass is 1620 g/mol. The highest BCUT2D eigenvalue weighted by Gasteiger charge is 2.48. The Morgan fingerprint density at radius 2 is 0.268 bits per heavy atom. The Balaban J connectivity index is 0.783. The fourth-order valence-electron chi connectivity index (χ4n) is 19.1. The van der Waals surface area contributed by atoms with Crippen molar-refractivity contribution in [3.05, 3.63) is 288 Å². The molecule has 0 aromatic heterocycles. The van der Waals surface area contributed by atoms with E-state index in [1.54, 1.807) is 42.7 Å². The zero-order chi connectivity index (χ0) is 85.9. The normalized spacial score (nSPS) is 13.5. The van der Waals surface area contributed by atoms with Gasteiger partial charge in [-0.05, 0) is 232 Å². The molecule has 3 heterocycles. The van der Waals surface area contributed by atoms with Gasteiger partial charge in [-0.25, -0.2) is 0 Å². The lowest BCUT2D eigenvalue weighted by molar-refractivity contribution is 0.0490. The highest BCUT2D eigenvalue weighted by molar-refractivity contribution is 6.30. The number of benzene rings is 15. The van der Waals surface area contributed by atoms with Crippen molar-refractivity contribution in [3.63, 3.8) is 0 Å². The molecule has 606 valence electrons. The molecule has 24 bridgehead atoms. The van der Waals surface area contributed by atoms with E-state index in [-0.39, 0.29) is 35.4 Å². The van der Waals surface area contributed by atoms with Crippen LogP contribution in [0.25, 0.3) is 166 Å². The third-order valence-corrected chi connectivity index (χ3v) is 24.7. The molecule has 0 saturated carbocycles. The molecule has 123 heavy (non-hydrogen) atoms. The van der Waals surface area contributed by atoms with Gasteiger partial charge in [-0.1, -0.05) is 218 Å². The lowest BCUT2D eigenvalue weighted by Gasteiger charge is -2.29. The summed E-state index contributed by atoms with van der Waals surface area (Å²) in [7, 11) is 9.90. The van der Waals surface area contributed by atoms with E-state index in [2.05, 4.69) is 36.4 Å². The number of amides is 6. The molecule has 0 spiro atoms. The first kappa shape index (κ1) is 78.2. The number of ether oxygens (including phenoxy) is 6. The van der Waals surface area contributed by atoms with Crippen LogP contribution in [0.2, 0.25) is 0 Å². The van der Waals surface area contributed by atoms with Crippen LogP contribution >= 0.6 is 0 Å². The molecule has 20 aliphatic carbocycles. The first-order valence-electron chi connectivity index (χ1n) is 41.0. The number of hydrogen-bond acceptors (Lipinski definition) is 12. The third-order valence-electron chi connectivity index (χ3n) is 24.7. The molecular weight excluding hydrogens is 1530 g/mol. The molecule has 0 fully saturated rings. The van der Waals surface area contributed by atoms with Crippen molar-refractivity contribution in [2.45, 2.75) is 78.9 Å². The number of nitrogens with zero attached hydrogens (tertiary/aromatic N) is 3. The summed E-state index contributed by atoms with van der Waals surface area (Å²) in [5, 5.41) is 4.83. The molecule has 15 nitrogen and oxygen atoms in total. The van der Waals surface area contributed by atoms with Gasteiger partial charge in [-0.3, -0.25) is 43.5 Å². The zero-order valence-electron chi connectivity index (χ0n) is 71.0. The number of fused-ring (bicyclic) bond motifs is 5. The Kier molecular flexibility index (Phi) is 18.5. The van der Waals surface area contributed by atoms with Crippen LogP contribution in [0.15, 0.2) is 255 Å². The largest absolute Gasteiger partial charge is 0.496 e. The van der Waals surface area contributed by atoms with Gasteiger partial charge in [0.15, 0.2) is 0 Å². The molecule has 0 radical (unpaired) electrons. The van der Waals surface area contributed by atoms with E-state index in [1.807, 2.05) is 281 Å². The van der Waals surface area contributed by atoms with Gasteiger partial charge in [0.25, 0.3) is 35.4 Å². The van der Waals surface area contributed by atoms with Crippen molar-refractivity contribution < 1.29 is 57.2 Å². The van der Waals surface area contributed by atoms with Crippen LogP contribution in [0.3, 0.4) is 0 Å². The summed E-state index contributed by atoms with van der Waals surface area (Å²) in [6.45, 7) is 16.8. The molecule has 15 heteroatoms. The summed E-state index contributed by atoms with van der Waals surface area (Å²) in [6, 6.07) is 83.7. The molecule has 0 saturated heterocycles. The second kappa shape index (κ2) is 29.0. The van der Waals surface area contributed by atoms with Crippen LogP contribution in [0.1, 0.15) is 124 Å². The van der Waals surface area contributed by atoms with Gasteiger partial charge in [0, 0.05) is 48.9 Å².